The zero-order chi connectivity index (χ0) is 22.5. The molecule has 0 unspecified atom stereocenters. The minimum absolute atomic E-state index is 0.154. The van der Waals surface area contributed by atoms with Crippen molar-refractivity contribution in [1.82, 2.24) is 5.32 Å². The Balaban J connectivity index is 1.48. The van der Waals surface area contributed by atoms with Crippen LogP contribution in [0.3, 0.4) is 0 Å². The Morgan fingerprint density at radius 2 is 1.69 bits per heavy atom. The van der Waals surface area contributed by atoms with Crippen LogP contribution in [0.1, 0.15) is 34.5 Å². The highest BCUT2D eigenvalue weighted by Crippen LogP contribution is 2.25. The van der Waals surface area contributed by atoms with Crippen LogP contribution in [-0.4, -0.2) is 13.0 Å². The van der Waals surface area contributed by atoms with E-state index in [0.29, 0.717) is 16.3 Å². The molecule has 1 atom stereocenters. The monoisotopic (exact) mass is 445 g/mol. The van der Waals surface area contributed by atoms with Crippen LogP contribution in [0.2, 0.25) is 5.02 Å². The average Bonchev–Trinajstić information content (AvgIpc) is 2.82. The van der Waals surface area contributed by atoms with E-state index in [-0.39, 0.29) is 18.6 Å². The van der Waals surface area contributed by atoms with Crippen molar-refractivity contribution in [2.24, 2.45) is 0 Å². The summed E-state index contributed by atoms with van der Waals surface area (Å²) < 4.78 is 11.5. The number of carbonyl (C=O) groups is 1. The van der Waals surface area contributed by atoms with Gasteiger partial charge in [0, 0.05) is 16.1 Å². The number of hydrogen-bond donors (Lipinski definition) is 1. The van der Waals surface area contributed by atoms with Crippen molar-refractivity contribution >= 4 is 28.3 Å². The Morgan fingerprint density at radius 1 is 0.938 bits per heavy atom. The van der Waals surface area contributed by atoms with Gasteiger partial charge in [-0.2, -0.15) is 0 Å². The van der Waals surface area contributed by atoms with Gasteiger partial charge in [0.15, 0.2) is 0 Å². The summed E-state index contributed by atoms with van der Waals surface area (Å²) in [7, 11) is 1.61. The van der Waals surface area contributed by atoms with E-state index in [1.807, 2.05) is 67.6 Å². The van der Waals surface area contributed by atoms with Crippen molar-refractivity contribution in [2.45, 2.75) is 19.6 Å². The normalized spacial score (nSPS) is 11.7. The second-order valence-corrected chi connectivity index (χ2v) is 8.01. The first-order chi connectivity index (χ1) is 15.5. The third kappa shape index (κ3) is 5.04. The summed E-state index contributed by atoms with van der Waals surface area (Å²) in [6.07, 6.45) is 0. The number of fused-ring (bicyclic) bond motifs is 1. The lowest BCUT2D eigenvalue weighted by molar-refractivity contribution is 0.0939. The summed E-state index contributed by atoms with van der Waals surface area (Å²) in [6, 6.07) is 26.8. The first kappa shape index (κ1) is 21.7. The fourth-order valence-electron chi connectivity index (χ4n) is 3.57. The van der Waals surface area contributed by atoms with Crippen molar-refractivity contribution < 1.29 is 14.3 Å². The number of benzene rings is 4. The van der Waals surface area contributed by atoms with E-state index in [1.54, 1.807) is 19.2 Å². The van der Waals surface area contributed by atoms with E-state index in [4.69, 9.17) is 21.1 Å². The number of carbonyl (C=O) groups excluding carboxylic acids is 1. The molecule has 4 aromatic rings. The maximum absolute atomic E-state index is 12.8. The zero-order valence-corrected chi connectivity index (χ0v) is 18.7. The number of hydrogen-bond acceptors (Lipinski definition) is 3. The number of nitrogens with one attached hydrogen (secondary N) is 1. The zero-order valence-electron chi connectivity index (χ0n) is 18.0. The number of amides is 1. The molecule has 0 radical (unpaired) electrons. The molecule has 4 nitrogen and oxygen atoms in total. The van der Waals surface area contributed by atoms with Gasteiger partial charge >= 0.3 is 0 Å². The highest BCUT2D eigenvalue weighted by molar-refractivity contribution is 6.30. The van der Waals surface area contributed by atoms with Crippen LogP contribution in [-0.2, 0) is 6.61 Å². The highest BCUT2D eigenvalue weighted by atomic mass is 35.5. The number of methoxy groups -OCH3 is 1. The van der Waals surface area contributed by atoms with Crippen molar-refractivity contribution in [3.8, 4) is 11.5 Å². The van der Waals surface area contributed by atoms with Gasteiger partial charge < -0.3 is 14.8 Å². The van der Waals surface area contributed by atoms with Crippen molar-refractivity contribution in [3.05, 3.63) is 107 Å². The fourth-order valence-corrected chi connectivity index (χ4v) is 3.69. The Kier molecular flexibility index (Phi) is 6.62. The molecular formula is C27H24ClNO3. The van der Waals surface area contributed by atoms with Crippen LogP contribution in [0.25, 0.3) is 10.8 Å². The molecule has 4 rings (SSSR count). The molecule has 0 heterocycles. The molecule has 0 fully saturated rings. The van der Waals surface area contributed by atoms with Gasteiger partial charge in [0.2, 0.25) is 0 Å². The molecule has 1 amide bonds. The molecule has 1 N–H and O–H groups in total. The summed E-state index contributed by atoms with van der Waals surface area (Å²) in [6.45, 7) is 2.23. The van der Waals surface area contributed by atoms with Crippen LogP contribution in [0, 0.1) is 0 Å². The fraction of sp³-hybridized carbons (Fsp3) is 0.148. The van der Waals surface area contributed by atoms with E-state index in [9.17, 15) is 4.79 Å². The maximum atomic E-state index is 12.8. The van der Waals surface area contributed by atoms with Crippen molar-refractivity contribution in [2.75, 3.05) is 7.11 Å². The second-order valence-electron chi connectivity index (χ2n) is 7.57. The molecule has 0 saturated carbocycles. The van der Waals surface area contributed by atoms with Gasteiger partial charge in [-0.25, -0.2) is 0 Å². The van der Waals surface area contributed by atoms with Crippen LogP contribution >= 0.6 is 11.6 Å². The lowest BCUT2D eigenvalue weighted by Crippen LogP contribution is -2.26. The van der Waals surface area contributed by atoms with Gasteiger partial charge in [0.05, 0.1) is 13.2 Å². The van der Waals surface area contributed by atoms with E-state index >= 15 is 0 Å². The minimum Gasteiger partial charge on any atom is -0.496 e. The predicted octanol–water partition coefficient (Wildman–Crippen LogP) is 6.57. The Bertz CT molecular complexity index is 1240. The van der Waals surface area contributed by atoms with Gasteiger partial charge in [-0.3, -0.25) is 4.79 Å². The molecule has 0 aliphatic rings. The Labute approximate surface area is 192 Å². The largest absolute Gasteiger partial charge is 0.496 e. The van der Waals surface area contributed by atoms with Crippen LogP contribution in [0.5, 0.6) is 11.5 Å². The molecule has 0 aromatic heterocycles. The number of rotatable bonds is 7. The van der Waals surface area contributed by atoms with Crippen LogP contribution < -0.4 is 14.8 Å². The number of ether oxygens (including phenoxy) is 2. The minimum atomic E-state index is -0.165. The van der Waals surface area contributed by atoms with Gasteiger partial charge in [-0.1, -0.05) is 54.1 Å². The first-order valence-electron chi connectivity index (χ1n) is 10.4. The molecule has 32 heavy (non-hydrogen) atoms. The SMILES string of the molecule is COc1ccc(C(=O)N[C@@H](C)c2ccc(Cl)cc2)cc1COc1ccc2ccccc2c1. The van der Waals surface area contributed by atoms with Gasteiger partial charge in [0.25, 0.3) is 5.91 Å². The molecule has 0 aliphatic carbocycles. The Hall–Kier alpha value is -3.50. The van der Waals surface area contributed by atoms with E-state index in [2.05, 4.69) is 17.4 Å². The molecule has 4 aromatic carbocycles. The molecule has 5 heteroatoms. The smallest absolute Gasteiger partial charge is 0.251 e. The van der Waals surface area contributed by atoms with Crippen molar-refractivity contribution in [3.63, 3.8) is 0 Å². The standard InChI is InChI=1S/C27H24ClNO3/c1-18(19-7-11-24(28)12-8-19)29-27(30)22-10-14-26(31-2)23(15-22)17-32-25-13-9-20-5-3-4-6-21(20)16-25/h3-16,18H,17H2,1-2H3,(H,29,30)/t18-/m0/s1. The lowest BCUT2D eigenvalue weighted by Gasteiger charge is -2.16. The molecule has 0 spiro atoms. The molecule has 162 valence electrons. The summed E-state index contributed by atoms with van der Waals surface area (Å²) in [5.74, 6) is 1.27. The third-order valence-electron chi connectivity index (χ3n) is 5.38. The second kappa shape index (κ2) is 9.75. The van der Waals surface area contributed by atoms with Crippen LogP contribution in [0.15, 0.2) is 84.9 Å². The number of halogens is 1. The highest BCUT2D eigenvalue weighted by Gasteiger charge is 2.14. The third-order valence-corrected chi connectivity index (χ3v) is 5.63. The maximum Gasteiger partial charge on any atom is 0.251 e. The lowest BCUT2D eigenvalue weighted by atomic mass is 10.1. The van der Waals surface area contributed by atoms with Gasteiger partial charge in [-0.15, -0.1) is 0 Å². The van der Waals surface area contributed by atoms with Crippen LogP contribution in [0.4, 0.5) is 0 Å². The van der Waals surface area contributed by atoms with E-state index in [1.165, 1.54) is 0 Å². The molecule has 0 aliphatic heterocycles. The van der Waals surface area contributed by atoms with Gasteiger partial charge in [0.1, 0.15) is 18.1 Å². The quantitative estimate of drug-likeness (QED) is 0.350. The molecule has 0 bridgehead atoms. The molecular weight excluding hydrogens is 422 g/mol. The predicted molar refractivity (Wildman–Crippen MR) is 129 cm³/mol. The summed E-state index contributed by atoms with van der Waals surface area (Å²) >= 11 is 5.96. The first-order valence-corrected chi connectivity index (χ1v) is 10.8. The van der Waals surface area contributed by atoms with E-state index < -0.39 is 0 Å². The van der Waals surface area contributed by atoms with E-state index in [0.717, 1.165) is 27.6 Å². The summed E-state index contributed by atoms with van der Waals surface area (Å²) in [5, 5.41) is 5.96. The Morgan fingerprint density at radius 3 is 2.44 bits per heavy atom. The average molecular weight is 446 g/mol. The topological polar surface area (TPSA) is 47.6 Å². The van der Waals surface area contributed by atoms with Gasteiger partial charge in [-0.05, 0) is 65.7 Å². The summed E-state index contributed by atoms with van der Waals surface area (Å²) in [5.41, 5.74) is 2.33. The molecule has 0 saturated heterocycles. The summed E-state index contributed by atoms with van der Waals surface area (Å²) in [4.78, 5) is 12.8. The van der Waals surface area contributed by atoms with Crippen molar-refractivity contribution in [1.29, 1.82) is 0 Å².